The molecule has 1 unspecified atom stereocenters. The fourth-order valence-electron chi connectivity index (χ4n) is 3.60. The minimum absolute atomic E-state index is 0.581. The van der Waals surface area contributed by atoms with Crippen molar-refractivity contribution in [3.8, 4) is 0 Å². The molecule has 108 valence electrons. The van der Waals surface area contributed by atoms with E-state index < -0.39 is 11.4 Å². The predicted octanol–water partition coefficient (Wildman–Crippen LogP) is 3.81. The van der Waals surface area contributed by atoms with Crippen molar-refractivity contribution >= 4 is 5.97 Å². The van der Waals surface area contributed by atoms with E-state index in [0.29, 0.717) is 12.8 Å². The molecule has 2 aromatic carbocycles. The summed E-state index contributed by atoms with van der Waals surface area (Å²) in [6.45, 7) is 4.14. The first-order valence-corrected chi connectivity index (χ1v) is 7.41. The predicted molar refractivity (Wildman–Crippen MR) is 83.7 cm³/mol. The summed E-state index contributed by atoms with van der Waals surface area (Å²) in [6.07, 6.45) is 2.13. The summed E-state index contributed by atoms with van der Waals surface area (Å²) in [5.41, 5.74) is 4.95. The molecule has 0 aliphatic heterocycles. The van der Waals surface area contributed by atoms with Crippen molar-refractivity contribution < 1.29 is 9.90 Å². The van der Waals surface area contributed by atoms with Gasteiger partial charge in [0.2, 0.25) is 0 Å². The van der Waals surface area contributed by atoms with Crippen molar-refractivity contribution in [2.75, 3.05) is 0 Å². The van der Waals surface area contributed by atoms with Crippen LogP contribution in [0.2, 0.25) is 0 Å². The maximum Gasteiger partial charge on any atom is 0.314 e. The van der Waals surface area contributed by atoms with E-state index >= 15 is 0 Å². The van der Waals surface area contributed by atoms with Crippen LogP contribution in [0.4, 0.5) is 0 Å². The highest BCUT2D eigenvalue weighted by Gasteiger charge is 2.45. The molecule has 0 aromatic heterocycles. The van der Waals surface area contributed by atoms with Gasteiger partial charge in [-0.3, -0.25) is 4.79 Å². The Hall–Kier alpha value is -2.09. The van der Waals surface area contributed by atoms with Crippen molar-refractivity contribution in [1.29, 1.82) is 0 Å². The van der Waals surface area contributed by atoms with Crippen LogP contribution in [-0.4, -0.2) is 11.1 Å². The quantitative estimate of drug-likeness (QED) is 0.928. The van der Waals surface area contributed by atoms with Crippen molar-refractivity contribution in [1.82, 2.24) is 0 Å². The SMILES string of the molecule is Cc1cccc(C)c1CC1(C(=O)O)CCc2ccccc21. The van der Waals surface area contributed by atoms with Crippen LogP contribution in [0.15, 0.2) is 42.5 Å². The second-order valence-electron chi connectivity index (χ2n) is 6.09. The number of carbonyl (C=O) groups is 1. The molecule has 2 aromatic rings. The summed E-state index contributed by atoms with van der Waals surface area (Å²) >= 11 is 0. The molecule has 1 aliphatic carbocycles. The fourth-order valence-corrected chi connectivity index (χ4v) is 3.60. The second kappa shape index (κ2) is 5.03. The summed E-state index contributed by atoms with van der Waals surface area (Å²) in [5.74, 6) is -0.699. The molecule has 21 heavy (non-hydrogen) atoms. The molecule has 0 saturated heterocycles. The Balaban J connectivity index is 2.11. The molecule has 0 heterocycles. The van der Waals surface area contributed by atoms with E-state index in [4.69, 9.17) is 0 Å². The lowest BCUT2D eigenvalue weighted by Crippen LogP contribution is -2.36. The zero-order valence-electron chi connectivity index (χ0n) is 12.5. The molecule has 2 heteroatoms. The van der Waals surface area contributed by atoms with Crippen LogP contribution in [0.25, 0.3) is 0 Å². The maximum atomic E-state index is 12.1. The molecule has 0 spiro atoms. The van der Waals surface area contributed by atoms with E-state index in [1.54, 1.807) is 0 Å². The van der Waals surface area contributed by atoms with Gasteiger partial charge in [-0.05, 0) is 60.9 Å². The third-order valence-electron chi connectivity index (χ3n) is 4.89. The largest absolute Gasteiger partial charge is 0.481 e. The number of hydrogen-bond acceptors (Lipinski definition) is 1. The number of benzene rings is 2. The molecule has 2 nitrogen and oxygen atoms in total. The van der Waals surface area contributed by atoms with Gasteiger partial charge < -0.3 is 5.11 Å². The molecule has 0 saturated carbocycles. The number of aryl methyl sites for hydroxylation is 3. The van der Waals surface area contributed by atoms with Gasteiger partial charge in [-0.25, -0.2) is 0 Å². The second-order valence-corrected chi connectivity index (χ2v) is 6.09. The van der Waals surface area contributed by atoms with Gasteiger partial charge in [0.05, 0.1) is 5.41 Å². The highest BCUT2D eigenvalue weighted by Crippen LogP contribution is 2.42. The summed E-state index contributed by atoms with van der Waals surface area (Å²) < 4.78 is 0. The van der Waals surface area contributed by atoms with Crippen LogP contribution in [0.1, 0.15) is 34.2 Å². The summed E-state index contributed by atoms with van der Waals surface area (Å²) in [6, 6.07) is 14.2. The van der Waals surface area contributed by atoms with Gasteiger partial charge in [0.1, 0.15) is 0 Å². The summed E-state index contributed by atoms with van der Waals surface area (Å²) in [5, 5.41) is 9.95. The van der Waals surface area contributed by atoms with Crippen molar-refractivity contribution in [3.05, 3.63) is 70.3 Å². The average Bonchev–Trinajstić information content (AvgIpc) is 2.83. The van der Waals surface area contributed by atoms with Crippen molar-refractivity contribution in [2.45, 2.75) is 38.5 Å². The zero-order chi connectivity index (χ0) is 15.0. The molecule has 0 bridgehead atoms. The van der Waals surface area contributed by atoms with Gasteiger partial charge in [-0.2, -0.15) is 0 Å². The first-order chi connectivity index (χ1) is 10.0. The van der Waals surface area contributed by atoms with E-state index in [9.17, 15) is 9.90 Å². The van der Waals surface area contributed by atoms with E-state index in [0.717, 1.165) is 12.0 Å². The van der Waals surface area contributed by atoms with Crippen LogP contribution in [0, 0.1) is 13.8 Å². The lowest BCUT2D eigenvalue weighted by atomic mass is 9.75. The molecule has 1 atom stereocenters. The van der Waals surface area contributed by atoms with E-state index in [1.165, 1.54) is 22.3 Å². The zero-order valence-corrected chi connectivity index (χ0v) is 12.5. The number of carboxylic acids is 1. The highest BCUT2D eigenvalue weighted by atomic mass is 16.4. The monoisotopic (exact) mass is 280 g/mol. The number of hydrogen-bond donors (Lipinski definition) is 1. The molecule has 0 amide bonds. The number of rotatable bonds is 3. The van der Waals surface area contributed by atoms with Gasteiger partial charge in [-0.1, -0.05) is 42.5 Å². The molecular formula is C19H20O2. The lowest BCUT2D eigenvalue weighted by Gasteiger charge is -2.27. The molecule has 0 fully saturated rings. The third kappa shape index (κ3) is 2.15. The van der Waals surface area contributed by atoms with Gasteiger partial charge in [-0.15, -0.1) is 0 Å². The van der Waals surface area contributed by atoms with Gasteiger partial charge in [0.15, 0.2) is 0 Å². The smallest absolute Gasteiger partial charge is 0.314 e. The van der Waals surface area contributed by atoms with Gasteiger partial charge in [0, 0.05) is 0 Å². The van der Waals surface area contributed by atoms with E-state index in [-0.39, 0.29) is 0 Å². The number of fused-ring (bicyclic) bond motifs is 1. The van der Waals surface area contributed by atoms with Crippen LogP contribution in [0.5, 0.6) is 0 Å². The Morgan fingerprint density at radius 2 is 1.76 bits per heavy atom. The van der Waals surface area contributed by atoms with Crippen molar-refractivity contribution in [3.63, 3.8) is 0 Å². The Kier molecular flexibility index (Phi) is 3.32. The van der Waals surface area contributed by atoms with Gasteiger partial charge in [0.25, 0.3) is 0 Å². The molecule has 1 aliphatic rings. The Morgan fingerprint density at radius 1 is 1.10 bits per heavy atom. The fraction of sp³-hybridized carbons (Fsp3) is 0.316. The molecule has 3 rings (SSSR count). The first kappa shape index (κ1) is 13.9. The normalized spacial score (nSPS) is 20.3. The molecule has 0 radical (unpaired) electrons. The standard InChI is InChI=1S/C19H20O2/c1-13-6-5-7-14(2)16(13)12-19(18(20)21)11-10-15-8-3-4-9-17(15)19/h3-9H,10-12H2,1-2H3,(H,20,21). The minimum Gasteiger partial charge on any atom is -0.481 e. The Bertz CT molecular complexity index is 682. The van der Waals surface area contributed by atoms with E-state index in [2.05, 4.69) is 32.0 Å². The van der Waals surface area contributed by atoms with E-state index in [1.807, 2.05) is 24.3 Å². The maximum absolute atomic E-state index is 12.1. The van der Waals surface area contributed by atoms with Crippen LogP contribution >= 0.6 is 0 Å². The molecule has 1 N–H and O–H groups in total. The van der Waals surface area contributed by atoms with Crippen LogP contribution in [0.3, 0.4) is 0 Å². The molecular weight excluding hydrogens is 260 g/mol. The highest BCUT2D eigenvalue weighted by molar-refractivity contribution is 5.84. The number of aliphatic carboxylic acids is 1. The topological polar surface area (TPSA) is 37.3 Å². The Morgan fingerprint density at radius 3 is 2.43 bits per heavy atom. The van der Waals surface area contributed by atoms with Gasteiger partial charge >= 0.3 is 5.97 Å². The third-order valence-corrected chi connectivity index (χ3v) is 4.89. The summed E-state index contributed by atoms with van der Waals surface area (Å²) in [7, 11) is 0. The number of carboxylic acid groups (broad SMARTS) is 1. The lowest BCUT2D eigenvalue weighted by molar-refractivity contribution is -0.143. The van der Waals surface area contributed by atoms with Crippen molar-refractivity contribution in [2.24, 2.45) is 0 Å². The van der Waals surface area contributed by atoms with Crippen LogP contribution < -0.4 is 0 Å². The Labute approximate surface area is 125 Å². The minimum atomic E-state index is -0.770. The van der Waals surface area contributed by atoms with Crippen LogP contribution in [-0.2, 0) is 23.1 Å². The average molecular weight is 280 g/mol. The summed E-state index contributed by atoms with van der Waals surface area (Å²) in [4.78, 5) is 12.1. The first-order valence-electron chi connectivity index (χ1n) is 7.41.